The van der Waals surface area contributed by atoms with Crippen molar-refractivity contribution in [2.75, 3.05) is 13.3 Å². The molecular formula is C7H11F2NO. The van der Waals surface area contributed by atoms with E-state index in [1.54, 1.807) is 0 Å². The molecule has 0 heterocycles. The average Bonchev–Trinajstić information content (AvgIpc) is 2.49. The lowest BCUT2D eigenvalue weighted by Crippen LogP contribution is -2.22. The van der Waals surface area contributed by atoms with Crippen LogP contribution < -0.4 is 0 Å². The van der Waals surface area contributed by atoms with E-state index in [0.717, 1.165) is 0 Å². The Bertz CT molecular complexity index is 166. The van der Waals surface area contributed by atoms with E-state index >= 15 is 0 Å². The summed E-state index contributed by atoms with van der Waals surface area (Å²) < 4.78 is 24.6. The Labute approximate surface area is 63.9 Å². The Morgan fingerprint density at radius 3 is 2.36 bits per heavy atom. The fourth-order valence-electron chi connectivity index (χ4n) is 1.37. The van der Waals surface area contributed by atoms with Crippen LogP contribution in [0, 0.1) is 5.41 Å². The van der Waals surface area contributed by atoms with Crippen molar-refractivity contribution < 1.29 is 14.0 Å². The number of nitrogens with zero attached hydrogens (tertiary/aromatic N) is 1. The van der Waals surface area contributed by atoms with Crippen LogP contribution in [0.4, 0.5) is 8.78 Å². The largest absolute Gasteiger partial charge is 0.411 e. The highest BCUT2D eigenvalue weighted by molar-refractivity contribution is 5.86. The highest BCUT2D eigenvalue weighted by atomic mass is 19.1. The molecule has 1 rings (SSSR count). The number of oxime groups is 1. The molecular weight excluding hydrogens is 152 g/mol. The standard InChI is InChI=1S/C7H11F2NO/c8-4-7(5-9)2-1-6(3-7)10-11/h11H,1-5H2/b10-6+. The molecule has 0 bridgehead atoms. The number of hydrogen-bond donors (Lipinski definition) is 1. The first-order valence-corrected chi connectivity index (χ1v) is 3.58. The predicted molar refractivity (Wildman–Crippen MR) is 37.5 cm³/mol. The first kappa shape index (κ1) is 8.43. The fraction of sp³-hybridized carbons (Fsp3) is 0.857. The molecule has 0 aromatic heterocycles. The van der Waals surface area contributed by atoms with Gasteiger partial charge in [-0.2, -0.15) is 0 Å². The lowest BCUT2D eigenvalue weighted by atomic mass is 9.90. The van der Waals surface area contributed by atoms with Crippen molar-refractivity contribution in [1.29, 1.82) is 0 Å². The average molecular weight is 163 g/mol. The highest BCUT2D eigenvalue weighted by Crippen LogP contribution is 2.37. The summed E-state index contributed by atoms with van der Waals surface area (Å²) in [6.07, 6.45) is 1.24. The van der Waals surface area contributed by atoms with Gasteiger partial charge in [0.05, 0.1) is 19.1 Å². The van der Waals surface area contributed by atoms with Crippen molar-refractivity contribution in [1.82, 2.24) is 0 Å². The van der Waals surface area contributed by atoms with Crippen LogP contribution in [0.5, 0.6) is 0 Å². The SMILES string of the molecule is O/N=C1\CCC(CF)(CF)C1. The quantitative estimate of drug-likeness (QED) is 0.489. The summed E-state index contributed by atoms with van der Waals surface area (Å²) in [5.74, 6) is 0. The van der Waals surface area contributed by atoms with E-state index in [-0.39, 0.29) is 6.42 Å². The van der Waals surface area contributed by atoms with Gasteiger partial charge in [-0.15, -0.1) is 0 Å². The minimum Gasteiger partial charge on any atom is -0.411 e. The highest BCUT2D eigenvalue weighted by Gasteiger charge is 2.37. The molecule has 0 radical (unpaired) electrons. The van der Waals surface area contributed by atoms with Gasteiger partial charge >= 0.3 is 0 Å². The summed E-state index contributed by atoms with van der Waals surface area (Å²) in [6, 6.07) is 0. The Morgan fingerprint density at radius 1 is 1.45 bits per heavy atom. The molecule has 0 saturated heterocycles. The molecule has 0 unspecified atom stereocenters. The number of hydrogen-bond acceptors (Lipinski definition) is 2. The summed E-state index contributed by atoms with van der Waals surface area (Å²) in [4.78, 5) is 0. The summed E-state index contributed by atoms with van der Waals surface area (Å²) >= 11 is 0. The third-order valence-corrected chi connectivity index (χ3v) is 2.23. The summed E-state index contributed by atoms with van der Waals surface area (Å²) in [5.41, 5.74) is -0.359. The van der Waals surface area contributed by atoms with E-state index in [9.17, 15) is 8.78 Å². The van der Waals surface area contributed by atoms with Crippen LogP contribution in [-0.4, -0.2) is 24.3 Å². The van der Waals surface area contributed by atoms with Crippen LogP contribution in [0.25, 0.3) is 0 Å². The molecule has 0 aromatic rings. The van der Waals surface area contributed by atoms with E-state index in [2.05, 4.69) is 5.16 Å². The predicted octanol–water partition coefficient (Wildman–Crippen LogP) is 1.93. The van der Waals surface area contributed by atoms with Gasteiger partial charge in [0.15, 0.2) is 0 Å². The number of alkyl halides is 2. The Hall–Kier alpha value is -0.670. The van der Waals surface area contributed by atoms with Gasteiger partial charge in [0.1, 0.15) is 0 Å². The van der Waals surface area contributed by atoms with Crippen LogP contribution in [0.2, 0.25) is 0 Å². The molecule has 4 heteroatoms. The molecule has 1 saturated carbocycles. The second kappa shape index (κ2) is 3.15. The second-order valence-electron chi connectivity index (χ2n) is 3.11. The third kappa shape index (κ3) is 1.49. The van der Waals surface area contributed by atoms with Crippen LogP contribution in [0.1, 0.15) is 19.3 Å². The van der Waals surface area contributed by atoms with E-state index in [0.29, 0.717) is 18.6 Å². The monoisotopic (exact) mass is 163 g/mol. The lowest BCUT2D eigenvalue weighted by Gasteiger charge is -2.19. The molecule has 1 aliphatic carbocycles. The zero-order chi connectivity index (χ0) is 8.32. The molecule has 0 aliphatic heterocycles. The third-order valence-electron chi connectivity index (χ3n) is 2.23. The van der Waals surface area contributed by atoms with Crippen LogP contribution in [0.15, 0.2) is 5.16 Å². The first-order valence-electron chi connectivity index (χ1n) is 3.58. The number of halogens is 2. The van der Waals surface area contributed by atoms with Gasteiger partial charge in [0, 0.05) is 5.41 Å². The smallest absolute Gasteiger partial charge is 0.0979 e. The molecule has 1 aliphatic rings. The van der Waals surface area contributed by atoms with Gasteiger partial charge in [-0.05, 0) is 19.3 Å². The topological polar surface area (TPSA) is 32.6 Å². The zero-order valence-electron chi connectivity index (χ0n) is 6.19. The second-order valence-corrected chi connectivity index (χ2v) is 3.11. The van der Waals surface area contributed by atoms with Crippen LogP contribution in [0.3, 0.4) is 0 Å². The minimum atomic E-state index is -0.873. The van der Waals surface area contributed by atoms with Crippen molar-refractivity contribution in [2.45, 2.75) is 19.3 Å². The van der Waals surface area contributed by atoms with Gasteiger partial charge in [-0.25, -0.2) is 0 Å². The molecule has 0 spiro atoms. The molecule has 11 heavy (non-hydrogen) atoms. The molecule has 0 aromatic carbocycles. The van der Waals surface area contributed by atoms with Gasteiger partial charge in [0.25, 0.3) is 0 Å². The molecule has 2 nitrogen and oxygen atoms in total. The molecule has 1 N–H and O–H groups in total. The molecule has 64 valence electrons. The first-order chi connectivity index (χ1) is 5.26. The van der Waals surface area contributed by atoms with Crippen molar-refractivity contribution in [3.63, 3.8) is 0 Å². The van der Waals surface area contributed by atoms with Gasteiger partial charge in [-0.1, -0.05) is 5.16 Å². The van der Waals surface area contributed by atoms with Crippen molar-refractivity contribution >= 4 is 5.71 Å². The van der Waals surface area contributed by atoms with Crippen molar-refractivity contribution in [2.24, 2.45) is 10.6 Å². The maximum atomic E-state index is 12.3. The molecule has 0 atom stereocenters. The van der Waals surface area contributed by atoms with Crippen LogP contribution in [-0.2, 0) is 0 Å². The minimum absolute atomic E-state index is 0.260. The maximum absolute atomic E-state index is 12.3. The lowest BCUT2D eigenvalue weighted by molar-refractivity contribution is 0.164. The van der Waals surface area contributed by atoms with E-state index in [4.69, 9.17) is 5.21 Å². The normalized spacial score (nSPS) is 26.2. The summed E-state index contributed by atoms with van der Waals surface area (Å²) in [7, 11) is 0. The fourth-order valence-corrected chi connectivity index (χ4v) is 1.37. The summed E-state index contributed by atoms with van der Waals surface area (Å²) in [6.45, 7) is -1.33. The maximum Gasteiger partial charge on any atom is 0.0979 e. The van der Waals surface area contributed by atoms with Crippen molar-refractivity contribution in [3.8, 4) is 0 Å². The Kier molecular flexibility index (Phi) is 2.42. The Balaban J connectivity index is 2.62. The molecule has 1 fully saturated rings. The van der Waals surface area contributed by atoms with Gasteiger partial charge < -0.3 is 5.21 Å². The van der Waals surface area contributed by atoms with Gasteiger partial charge in [-0.3, -0.25) is 8.78 Å². The number of rotatable bonds is 2. The molecule has 0 amide bonds. The van der Waals surface area contributed by atoms with E-state index < -0.39 is 18.8 Å². The zero-order valence-corrected chi connectivity index (χ0v) is 6.19. The van der Waals surface area contributed by atoms with E-state index in [1.807, 2.05) is 0 Å². The van der Waals surface area contributed by atoms with Crippen molar-refractivity contribution in [3.05, 3.63) is 0 Å². The Morgan fingerprint density at radius 2 is 2.09 bits per heavy atom. The van der Waals surface area contributed by atoms with E-state index in [1.165, 1.54) is 0 Å². The van der Waals surface area contributed by atoms with Gasteiger partial charge in [0.2, 0.25) is 0 Å². The van der Waals surface area contributed by atoms with Crippen LogP contribution >= 0.6 is 0 Å². The summed E-state index contributed by atoms with van der Waals surface area (Å²) in [5, 5.41) is 11.3.